The van der Waals surface area contributed by atoms with Crippen molar-refractivity contribution < 1.29 is 13.2 Å². The summed E-state index contributed by atoms with van der Waals surface area (Å²) in [6, 6.07) is 7.62. The number of H-pyrrole nitrogens is 1. The Morgan fingerprint density at radius 1 is 1.37 bits per heavy atom. The van der Waals surface area contributed by atoms with Crippen LogP contribution >= 0.6 is 0 Å². The third-order valence-electron chi connectivity index (χ3n) is 2.64. The Hall–Kier alpha value is -2.49. The Bertz CT molecular complexity index is 719. The SMILES string of the molecule is Cc1c(C(F)(F)F)[nH]n(-c2cccc(C#N)c2)c1=O. The highest BCUT2D eigenvalue weighted by Gasteiger charge is 2.36. The fourth-order valence-corrected chi connectivity index (χ4v) is 1.69. The topological polar surface area (TPSA) is 61.6 Å². The van der Waals surface area contributed by atoms with Gasteiger partial charge in [0, 0.05) is 5.56 Å². The number of hydrogen-bond acceptors (Lipinski definition) is 2. The fraction of sp³-hybridized carbons (Fsp3) is 0.167. The lowest BCUT2D eigenvalue weighted by Gasteiger charge is -2.04. The molecule has 0 saturated heterocycles. The summed E-state index contributed by atoms with van der Waals surface area (Å²) in [6.45, 7) is 1.10. The van der Waals surface area contributed by atoms with Crippen LogP contribution in [0.4, 0.5) is 13.2 Å². The van der Waals surface area contributed by atoms with E-state index in [9.17, 15) is 18.0 Å². The van der Waals surface area contributed by atoms with E-state index < -0.39 is 23.0 Å². The number of aromatic amines is 1. The quantitative estimate of drug-likeness (QED) is 0.862. The van der Waals surface area contributed by atoms with E-state index in [1.54, 1.807) is 0 Å². The van der Waals surface area contributed by atoms with Crippen LogP contribution in [0.15, 0.2) is 29.1 Å². The third-order valence-corrected chi connectivity index (χ3v) is 2.64. The summed E-state index contributed by atoms with van der Waals surface area (Å²) in [5, 5.41) is 10.8. The lowest BCUT2D eigenvalue weighted by atomic mass is 10.2. The van der Waals surface area contributed by atoms with Gasteiger partial charge in [-0.05, 0) is 25.1 Å². The molecule has 0 radical (unpaired) electrons. The summed E-state index contributed by atoms with van der Waals surface area (Å²) in [5.74, 6) is 0. The van der Waals surface area contributed by atoms with Crippen LogP contribution in [0.1, 0.15) is 16.8 Å². The van der Waals surface area contributed by atoms with Gasteiger partial charge in [0.1, 0.15) is 5.69 Å². The second-order valence-electron chi connectivity index (χ2n) is 3.91. The second-order valence-corrected chi connectivity index (χ2v) is 3.91. The molecule has 19 heavy (non-hydrogen) atoms. The average Bonchev–Trinajstić information content (AvgIpc) is 2.66. The molecular formula is C12H8F3N3O. The molecule has 0 fully saturated rings. The smallest absolute Gasteiger partial charge is 0.286 e. The molecule has 98 valence electrons. The number of hydrogen-bond donors (Lipinski definition) is 1. The highest BCUT2D eigenvalue weighted by atomic mass is 19.4. The van der Waals surface area contributed by atoms with E-state index in [0.29, 0.717) is 0 Å². The molecule has 7 heteroatoms. The van der Waals surface area contributed by atoms with Gasteiger partial charge in [0.25, 0.3) is 5.56 Å². The van der Waals surface area contributed by atoms with Crippen LogP contribution in [-0.2, 0) is 6.18 Å². The number of alkyl halides is 3. The first kappa shape index (κ1) is 13.0. The zero-order valence-electron chi connectivity index (χ0n) is 9.75. The Morgan fingerprint density at radius 3 is 2.58 bits per heavy atom. The molecule has 2 aromatic rings. The van der Waals surface area contributed by atoms with Crippen molar-refractivity contribution in [3.05, 3.63) is 51.4 Å². The molecule has 0 spiro atoms. The highest BCUT2D eigenvalue weighted by molar-refractivity contribution is 5.41. The summed E-state index contributed by atoms with van der Waals surface area (Å²) in [6.07, 6.45) is -4.62. The normalized spacial score (nSPS) is 11.3. The molecule has 0 aliphatic heterocycles. The van der Waals surface area contributed by atoms with Crippen molar-refractivity contribution in [2.24, 2.45) is 0 Å². The van der Waals surface area contributed by atoms with Crippen LogP contribution in [0.25, 0.3) is 5.69 Å². The van der Waals surface area contributed by atoms with Crippen molar-refractivity contribution >= 4 is 0 Å². The van der Waals surface area contributed by atoms with Crippen LogP contribution in [0.5, 0.6) is 0 Å². The first-order chi connectivity index (χ1) is 8.84. The molecular weight excluding hydrogens is 259 g/mol. The Kier molecular flexibility index (Phi) is 2.94. The molecule has 0 aliphatic rings. The lowest BCUT2D eigenvalue weighted by molar-refractivity contribution is -0.141. The Balaban J connectivity index is 2.65. The van der Waals surface area contributed by atoms with E-state index in [4.69, 9.17) is 5.26 Å². The number of nitrogens with one attached hydrogen (secondary N) is 1. The van der Waals surface area contributed by atoms with Crippen LogP contribution in [0.3, 0.4) is 0 Å². The van der Waals surface area contributed by atoms with E-state index in [1.165, 1.54) is 24.3 Å². The minimum absolute atomic E-state index is 0.183. The predicted octanol–water partition coefficient (Wildman–Crippen LogP) is 2.36. The molecule has 1 aromatic carbocycles. The number of nitriles is 1. The molecule has 0 unspecified atom stereocenters. The van der Waals surface area contributed by atoms with Crippen LogP contribution in [0, 0.1) is 18.3 Å². The van der Waals surface area contributed by atoms with Crippen LogP contribution in [0.2, 0.25) is 0 Å². The van der Waals surface area contributed by atoms with Crippen molar-refractivity contribution in [1.82, 2.24) is 9.78 Å². The summed E-state index contributed by atoms with van der Waals surface area (Å²) in [4.78, 5) is 11.8. The van der Waals surface area contributed by atoms with Gasteiger partial charge < -0.3 is 0 Å². The zero-order chi connectivity index (χ0) is 14.2. The average molecular weight is 267 g/mol. The maximum absolute atomic E-state index is 12.7. The van der Waals surface area contributed by atoms with Gasteiger partial charge in [-0.2, -0.15) is 18.4 Å². The monoisotopic (exact) mass is 267 g/mol. The summed E-state index contributed by atoms with van der Waals surface area (Å²) >= 11 is 0. The van der Waals surface area contributed by atoms with E-state index in [1.807, 2.05) is 11.2 Å². The van der Waals surface area contributed by atoms with E-state index in [2.05, 4.69) is 0 Å². The van der Waals surface area contributed by atoms with Gasteiger partial charge in [0.2, 0.25) is 0 Å². The van der Waals surface area contributed by atoms with Crippen molar-refractivity contribution in [1.29, 1.82) is 5.26 Å². The number of nitrogens with zero attached hydrogens (tertiary/aromatic N) is 2. The molecule has 1 N–H and O–H groups in total. The maximum atomic E-state index is 12.7. The summed E-state index contributed by atoms with van der Waals surface area (Å²) < 4.78 is 38.8. The highest BCUT2D eigenvalue weighted by Crippen LogP contribution is 2.29. The van der Waals surface area contributed by atoms with Crippen molar-refractivity contribution in [2.45, 2.75) is 13.1 Å². The molecule has 1 aromatic heterocycles. The van der Waals surface area contributed by atoms with Gasteiger partial charge in [-0.1, -0.05) is 6.07 Å². The minimum Gasteiger partial charge on any atom is -0.286 e. The van der Waals surface area contributed by atoms with Crippen LogP contribution in [-0.4, -0.2) is 9.78 Å². The van der Waals surface area contributed by atoms with Gasteiger partial charge in [-0.3, -0.25) is 9.89 Å². The summed E-state index contributed by atoms with van der Waals surface area (Å²) in [7, 11) is 0. The first-order valence-corrected chi connectivity index (χ1v) is 5.24. The van der Waals surface area contributed by atoms with Gasteiger partial charge in [0.15, 0.2) is 0 Å². The van der Waals surface area contributed by atoms with Gasteiger partial charge >= 0.3 is 6.18 Å². The standard InChI is InChI=1S/C12H8F3N3O/c1-7-10(12(13,14)15)17-18(11(7)19)9-4-2-3-8(5-9)6-16/h2-5,17H,1H3. The molecule has 1 heterocycles. The number of rotatable bonds is 1. The van der Waals surface area contributed by atoms with Gasteiger partial charge in [-0.25, -0.2) is 4.68 Å². The third kappa shape index (κ3) is 2.25. The van der Waals surface area contributed by atoms with Crippen molar-refractivity contribution in [3.63, 3.8) is 0 Å². The summed E-state index contributed by atoms with van der Waals surface area (Å²) in [5.41, 5.74) is -1.84. The molecule has 0 aliphatic carbocycles. The molecule has 0 amide bonds. The Morgan fingerprint density at radius 2 is 2.05 bits per heavy atom. The molecule has 0 saturated carbocycles. The predicted molar refractivity (Wildman–Crippen MR) is 60.8 cm³/mol. The van der Waals surface area contributed by atoms with Gasteiger partial charge in [0.05, 0.1) is 17.3 Å². The van der Waals surface area contributed by atoms with Crippen molar-refractivity contribution in [3.8, 4) is 11.8 Å². The second kappa shape index (κ2) is 4.31. The number of halogens is 3. The van der Waals surface area contributed by atoms with E-state index >= 15 is 0 Å². The largest absolute Gasteiger partial charge is 0.433 e. The minimum atomic E-state index is -4.62. The van der Waals surface area contributed by atoms with Crippen molar-refractivity contribution in [2.75, 3.05) is 0 Å². The van der Waals surface area contributed by atoms with E-state index in [0.717, 1.165) is 11.6 Å². The first-order valence-electron chi connectivity index (χ1n) is 5.24. The molecule has 2 rings (SSSR count). The molecule has 0 bridgehead atoms. The molecule has 0 atom stereocenters. The fourth-order valence-electron chi connectivity index (χ4n) is 1.69. The number of aromatic nitrogens is 2. The maximum Gasteiger partial charge on any atom is 0.433 e. The van der Waals surface area contributed by atoms with Gasteiger partial charge in [-0.15, -0.1) is 0 Å². The molecule has 4 nitrogen and oxygen atoms in total. The van der Waals surface area contributed by atoms with E-state index in [-0.39, 0.29) is 11.3 Å². The lowest BCUT2D eigenvalue weighted by Crippen LogP contribution is -2.15. The number of benzene rings is 1. The Labute approximate surface area is 105 Å². The van der Waals surface area contributed by atoms with Crippen LogP contribution < -0.4 is 5.56 Å². The zero-order valence-corrected chi connectivity index (χ0v) is 9.75.